The highest BCUT2D eigenvalue weighted by Crippen LogP contribution is 2.68. The molecule has 35 heavy (non-hydrogen) atoms. The largest absolute Gasteiger partial charge is 0.393 e. The Hall–Kier alpha value is -0.740. The summed E-state index contributed by atoms with van der Waals surface area (Å²) in [4.78, 5) is 12.2. The van der Waals surface area contributed by atoms with Crippen LogP contribution in [0.4, 0.5) is 0 Å². The summed E-state index contributed by atoms with van der Waals surface area (Å²) < 4.78 is 30.5. The maximum Gasteiger partial charge on any atom is 0.266 e. The van der Waals surface area contributed by atoms with Crippen molar-refractivity contribution in [1.29, 1.82) is 0 Å². The van der Waals surface area contributed by atoms with Crippen molar-refractivity contribution < 1.29 is 33.1 Å². The molecule has 0 aromatic rings. The van der Waals surface area contributed by atoms with Crippen molar-refractivity contribution >= 4 is 16.0 Å². The molecule has 0 bridgehead atoms. The second-order valence-corrected chi connectivity index (χ2v) is 14.3. The van der Waals surface area contributed by atoms with Gasteiger partial charge in [-0.1, -0.05) is 20.8 Å². The summed E-state index contributed by atoms with van der Waals surface area (Å²) in [6.07, 6.45) is 5.54. The van der Waals surface area contributed by atoms with Gasteiger partial charge in [0, 0.05) is 13.0 Å². The number of carbonyl (C=O) groups is 1. The van der Waals surface area contributed by atoms with E-state index >= 15 is 0 Å². The first-order chi connectivity index (χ1) is 16.3. The van der Waals surface area contributed by atoms with Gasteiger partial charge in [0.25, 0.3) is 10.1 Å². The van der Waals surface area contributed by atoms with Crippen LogP contribution >= 0.6 is 0 Å². The summed E-state index contributed by atoms with van der Waals surface area (Å²) in [5.41, 5.74) is 0.00776. The van der Waals surface area contributed by atoms with Crippen molar-refractivity contribution in [3.05, 3.63) is 0 Å². The van der Waals surface area contributed by atoms with E-state index in [1.807, 2.05) is 0 Å². The SMILES string of the molecule is C[C@H](CCC(=O)NCCS(=O)(=O)O)[C@H]1CC[C@H]2[C@@H]3[C@@H](O)[C@@H](O)[C@@H]4C[C@H](O)CC[C@]4(C)[C@H]3CC[C@]12C. The highest BCUT2D eigenvalue weighted by Gasteiger charge is 2.65. The maximum absolute atomic E-state index is 12.2. The van der Waals surface area contributed by atoms with Crippen molar-refractivity contribution in [2.75, 3.05) is 12.3 Å². The number of hydrogen-bond acceptors (Lipinski definition) is 6. The predicted octanol–water partition coefficient (Wildman–Crippen LogP) is 2.37. The van der Waals surface area contributed by atoms with Crippen LogP contribution in [-0.2, 0) is 14.9 Å². The molecule has 8 nitrogen and oxygen atoms in total. The van der Waals surface area contributed by atoms with E-state index in [1.165, 1.54) is 0 Å². The first kappa shape index (κ1) is 27.3. The third-order valence-corrected chi connectivity index (χ3v) is 11.7. The molecule has 4 aliphatic rings. The van der Waals surface area contributed by atoms with Gasteiger partial charge in [0.15, 0.2) is 0 Å². The Balaban J connectivity index is 1.42. The van der Waals surface area contributed by atoms with E-state index in [0.29, 0.717) is 42.9 Å². The number of hydrogen-bond donors (Lipinski definition) is 5. The number of amides is 1. The normalized spacial score (nSPS) is 46.3. The Bertz CT molecular complexity index is 896. The average Bonchev–Trinajstić information content (AvgIpc) is 3.13. The zero-order valence-electron chi connectivity index (χ0n) is 21.4. The van der Waals surface area contributed by atoms with Crippen LogP contribution in [0.2, 0.25) is 0 Å². The first-order valence-electron chi connectivity index (χ1n) is 13.5. The van der Waals surface area contributed by atoms with E-state index < -0.39 is 28.1 Å². The Labute approximate surface area is 210 Å². The van der Waals surface area contributed by atoms with Crippen molar-refractivity contribution in [1.82, 2.24) is 5.32 Å². The average molecular weight is 516 g/mol. The monoisotopic (exact) mass is 515 g/mol. The lowest BCUT2D eigenvalue weighted by Gasteiger charge is -2.63. The summed E-state index contributed by atoms with van der Waals surface area (Å²) in [5, 5.41) is 35.4. The van der Waals surface area contributed by atoms with Crippen LogP contribution in [0.5, 0.6) is 0 Å². The van der Waals surface area contributed by atoms with Crippen LogP contribution in [-0.4, -0.2) is 64.8 Å². The molecule has 0 aliphatic heterocycles. The lowest BCUT2D eigenvalue weighted by Crippen LogP contribution is -2.64. The highest BCUT2D eigenvalue weighted by atomic mass is 32.2. The first-order valence-corrected chi connectivity index (χ1v) is 15.1. The molecule has 0 saturated heterocycles. The topological polar surface area (TPSA) is 144 Å². The van der Waals surface area contributed by atoms with Gasteiger partial charge in [-0.05, 0) is 97.7 Å². The van der Waals surface area contributed by atoms with Crippen molar-refractivity contribution in [3.63, 3.8) is 0 Å². The molecule has 11 atom stereocenters. The molecule has 0 spiro atoms. The summed E-state index contributed by atoms with van der Waals surface area (Å²) in [6.45, 7) is 6.75. The lowest BCUT2D eigenvalue weighted by atomic mass is 9.43. The number of rotatable bonds is 7. The Kier molecular flexibility index (Phi) is 7.69. The zero-order chi connectivity index (χ0) is 25.8. The van der Waals surface area contributed by atoms with Crippen LogP contribution in [0.1, 0.15) is 78.6 Å². The zero-order valence-corrected chi connectivity index (χ0v) is 22.2. The fourth-order valence-electron chi connectivity index (χ4n) is 9.18. The number of aliphatic hydroxyl groups is 3. The predicted molar refractivity (Wildman–Crippen MR) is 132 cm³/mol. The number of aliphatic hydroxyl groups excluding tert-OH is 3. The van der Waals surface area contributed by atoms with Gasteiger partial charge in [0.2, 0.25) is 5.91 Å². The third kappa shape index (κ3) is 5.05. The second kappa shape index (κ2) is 9.86. The van der Waals surface area contributed by atoms with E-state index in [2.05, 4.69) is 26.1 Å². The van der Waals surface area contributed by atoms with Crippen LogP contribution in [0.25, 0.3) is 0 Å². The molecular formula is C26H45NO7S. The van der Waals surface area contributed by atoms with Crippen molar-refractivity contribution in [2.45, 2.75) is 96.9 Å². The summed E-state index contributed by atoms with van der Waals surface area (Å²) in [7, 11) is -4.08. The van der Waals surface area contributed by atoms with Crippen LogP contribution in [0, 0.1) is 46.3 Å². The fraction of sp³-hybridized carbons (Fsp3) is 0.962. The van der Waals surface area contributed by atoms with Crippen LogP contribution < -0.4 is 5.32 Å². The number of carbonyl (C=O) groups excluding carboxylic acids is 1. The molecule has 0 heterocycles. The summed E-state index contributed by atoms with van der Waals surface area (Å²) in [6, 6.07) is 0. The van der Waals surface area contributed by atoms with E-state index in [0.717, 1.165) is 38.5 Å². The Morgan fingerprint density at radius 3 is 2.31 bits per heavy atom. The van der Waals surface area contributed by atoms with Crippen molar-refractivity contribution in [3.8, 4) is 0 Å². The molecule has 9 heteroatoms. The van der Waals surface area contributed by atoms with Gasteiger partial charge in [-0.2, -0.15) is 8.42 Å². The maximum atomic E-state index is 12.2. The summed E-state index contributed by atoms with van der Waals surface area (Å²) >= 11 is 0. The highest BCUT2D eigenvalue weighted by molar-refractivity contribution is 7.85. The minimum Gasteiger partial charge on any atom is -0.393 e. The third-order valence-electron chi connectivity index (χ3n) is 11.0. The molecular weight excluding hydrogens is 470 g/mol. The van der Waals surface area contributed by atoms with E-state index in [-0.39, 0.29) is 41.2 Å². The Morgan fingerprint density at radius 2 is 1.63 bits per heavy atom. The Morgan fingerprint density at radius 1 is 0.971 bits per heavy atom. The quantitative estimate of drug-likeness (QED) is 0.327. The van der Waals surface area contributed by atoms with Gasteiger partial charge >= 0.3 is 0 Å². The van der Waals surface area contributed by atoms with E-state index in [9.17, 15) is 28.5 Å². The van der Waals surface area contributed by atoms with E-state index in [1.54, 1.807) is 0 Å². The fourth-order valence-corrected chi connectivity index (χ4v) is 9.54. The molecule has 4 aliphatic carbocycles. The number of nitrogens with one attached hydrogen (secondary N) is 1. The molecule has 0 radical (unpaired) electrons. The minimum atomic E-state index is -4.08. The minimum absolute atomic E-state index is 0.0479. The molecule has 202 valence electrons. The van der Waals surface area contributed by atoms with Crippen molar-refractivity contribution in [2.24, 2.45) is 46.3 Å². The smallest absolute Gasteiger partial charge is 0.266 e. The second-order valence-electron chi connectivity index (χ2n) is 12.7. The molecule has 0 unspecified atom stereocenters. The van der Waals surface area contributed by atoms with Gasteiger partial charge in [-0.25, -0.2) is 0 Å². The van der Waals surface area contributed by atoms with Gasteiger partial charge < -0.3 is 20.6 Å². The molecule has 4 saturated carbocycles. The van der Waals surface area contributed by atoms with Gasteiger partial charge in [0.1, 0.15) is 0 Å². The molecule has 4 fully saturated rings. The molecule has 1 amide bonds. The van der Waals surface area contributed by atoms with Gasteiger partial charge in [0.05, 0.1) is 24.1 Å². The van der Waals surface area contributed by atoms with Crippen LogP contribution in [0.15, 0.2) is 0 Å². The standard InChI is InChI=1S/C26H45NO7S/c1-15(4-7-21(29)27-12-13-35(32,33)34)17-5-6-18-22-19(9-11-25(17,18)2)26(3)10-8-16(28)14-20(26)23(30)24(22)31/h15-20,22-24,28,30-31H,4-14H2,1-3H3,(H,27,29)(H,32,33,34)/t15-,16-,17-,18+,19+,20+,22+,23+,24-,25-,26-/m1/s1. The molecule has 4 rings (SSSR count). The van der Waals surface area contributed by atoms with Gasteiger partial charge in [-0.3, -0.25) is 9.35 Å². The molecule has 0 aromatic carbocycles. The van der Waals surface area contributed by atoms with Gasteiger partial charge in [-0.15, -0.1) is 0 Å². The molecule has 0 aromatic heterocycles. The lowest BCUT2D eigenvalue weighted by molar-refractivity contribution is -0.223. The van der Waals surface area contributed by atoms with E-state index in [4.69, 9.17) is 4.55 Å². The number of fused-ring (bicyclic) bond motifs is 5. The molecule has 5 N–H and O–H groups in total. The van der Waals surface area contributed by atoms with Crippen LogP contribution in [0.3, 0.4) is 0 Å². The summed E-state index contributed by atoms with van der Waals surface area (Å²) in [5.74, 6) is 0.781.